The van der Waals surface area contributed by atoms with Crippen LogP contribution in [0.3, 0.4) is 0 Å². The molecule has 7 nitrogen and oxygen atoms in total. The molecule has 1 fully saturated rings. The van der Waals surface area contributed by atoms with E-state index < -0.39 is 11.9 Å². The Morgan fingerprint density at radius 3 is 2.66 bits per heavy atom. The van der Waals surface area contributed by atoms with Gasteiger partial charge in [-0.25, -0.2) is 4.98 Å². The number of carbonyl (C=O) groups excluding carboxylic acids is 1. The van der Waals surface area contributed by atoms with E-state index in [0.717, 1.165) is 50.1 Å². The summed E-state index contributed by atoms with van der Waals surface area (Å²) >= 11 is 0.997. The van der Waals surface area contributed by atoms with Gasteiger partial charge in [-0.2, -0.15) is 4.39 Å². The second kappa shape index (κ2) is 9.05. The van der Waals surface area contributed by atoms with Crippen LogP contribution in [-0.2, 0) is 4.79 Å². The largest absolute Gasteiger partial charge is 0.403 e. The summed E-state index contributed by atoms with van der Waals surface area (Å²) in [6, 6.07) is 3.47. The number of thioether (sulfide) groups is 1. The van der Waals surface area contributed by atoms with E-state index in [1.54, 1.807) is 6.07 Å². The number of anilines is 1. The lowest BCUT2D eigenvalue weighted by Crippen LogP contribution is -2.33. The van der Waals surface area contributed by atoms with Crippen LogP contribution in [0, 0.1) is 22.2 Å². The molecule has 172 valence electrons. The summed E-state index contributed by atoms with van der Waals surface area (Å²) in [5.74, 6) is -0.455. The van der Waals surface area contributed by atoms with Crippen LogP contribution in [0.25, 0.3) is 0 Å². The zero-order valence-electron chi connectivity index (χ0n) is 19.1. The van der Waals surface area contributed by atoms with Crippen molar-refractivity contribution in [3.05, 3.63) is 47.0 Å². The molecule has 2 aliphatic heterocycles. The molecule has 1 amide bonds. The second-order valence-corrected chi connectivity index (χ2v) is 10.9. The van der Waals surface area contributed by atoms with Crippen molar-refractivity contribution in [1.82, 2.24) is 9.88 Å². The minimum absolute atomic E-state index is 0.0860. The SMILES string of the molecule is C=C1SC(c2ccc(N3CCC(C)(C)CC(C)(C)C3)nc2F)=NCN(/C(C=N)=C/N)C1=O. The van der Waals surface area contributed by atoms with E-state index >= 15 is 4.39 Å². The van der Waals surface area contributed by atoms with E-state index in [1.165, 1.54) is 4.90 Å². The Morgan fingerprint density at radius 2 is 2.03 bits per heavy atom. The van der Waals surface area contributed by atoms with Gasteiger partial charge >= 0.3 is 0 Å². The lowest BCUT2D eigenvalue weighted by Gasteiger charge is -2.32. The molecule has 1 aromatic rings. The second-order valence-electron chi connectivity index (χ2n) is 9.78. The molecule has 32 heavy (non-hydrogen) atoms. The van der Waals surface area contributed by atoms with Gasteiger partial charge in [0.05, 0.1) is 16.2 Å². The number of aliphatic imine (C=N–C) groups is 1. The fourth-order valence-corrected chi connectivity index (χ4v) is 5.34. The molecule has 1 saturated heterocycles. The zero-order valence-corrected chi connectivity index (χ0v) is 19.9. The highest BCUT2D eigenvalue weighted by atomic mass is 32.2. The highest BCUT2D eigenvalue weighted by Gasteiger charge is 2.35. The van der Waals surface area contributed by atoms with Gasteiger partial charge in [0, 0.05) is 25.5 Å². The first-order valence-corrected chi connectivity index (χ1v) is 11.4. The van der Waals surface area contributed by atoms with E-state index in [0.29, 0.717) is 10.9 Å². The number of halogens is 1. The van der Waals surface area contributed by atoms with Crippen molar-refractivity contribution in [2.45, 2.75) is 40.5 Å². The number of nitrogens with one attached hydrogen (secondary N) is 1. The van der Waals surface area contributed by atoms with Crippen molar-refractivity contribution in [3.63, 3.8) is 0 Å². The minimum atomic E-state index is -0.634. The molecule has 9 heteroatoms. The normalized spacial score (nSPS) is 21.7. The van der Waals surface area contributed by atoms with Gasteiger partial charge in [0.2, 0.25) is 5.95 Å². The van der Waals surface area contributed by atoms with Gasteiger partial charge in [-0.05, 0) is 35.8 Å². The zero-order chi connectivity index (χ0) is 23.7. The van der Waals surface area contributed by atoms with E-state index in [-0.39, 0.29) is 33.7 Å². The van der Waals surface area contributed by atoms with E-state index in [1.807, 2.05) is 6.07 Å². The van der Waals surface area contributed by atoms with Gasteiger partial charge in [-0.1, -0.05) is 46.0 Å². The predicted octanol–water partition coefficient (Wildman–Crippen LogP) is 4.12. The van der Waals surface area contributed by atoms with Crippen molar-refractivity contribution in [3.8, 4) is 0 Å². The molecule has 0 aromatic carbocycles. The third-order valence-corrected chi connectivity index (χ3v) is 6.68. The number of rotatable bonds is 4. The number of allylic oxidation sites excluding steroid dienone is 1. The summed E-state index contributed by atoms with van der Waals surface area (Å²) in [7, 11) is 0. The molecule has 0 spiro atoms. The van der Waals surface area contributed by atoms with Crippen molar-refractivity contribution in [2.24, 2.45) is 21.6 Å². The van der Waals surface area contributed by atoms with Crippen LogP contribution in [0.4, 0.5) is 10.2 Å². The van der Waals surface area contributed by atoms with Gasteiger partial charge < -0.3 is 16.0 Å². The number of carbonyl (C=O) groups is 1. The number of nitrogens with two attached hydrogens (primary N) is 1. The molecule has 2 aliphatic rings. The summed E-state index contributed by atoms with van der Waals surface area (Å²) in [5, 5.41) is 7.75. The summed E-state index contributed by atoms with van der Waals surface area (Å²) < 4.78 is 15.2. The van der Waals surface area contributed by atoms with Gasteiger partial charge in [0.1, 0.15) is 17.5 Å². The maximum absolute atomic E-state index is 15.2. The Labute approximate surface area is 193 Å². The van der Waals surface area contributed by atoms with Gasteiger partial charge in [0.15, 0.2) is 0 Å². The fourth-order valence-electron chi connectivity index (χ4n) is 4.53. The van der Waals surface area contributed by atoms with Gasteiger partial charge in [0.25, 0.3) is 5.91 Å². The molecule has 0 unspecified atom stereocenters. The first-order chi connectivity index (χ1) is 15.0. The minimum Gasteiger partial charge on any atom is -0.403 e. The van der Waals surface area contributed by atoms with Crippen LogP contribution in [0.15, 0.2) is 40.5 Å². The summed E-state index contributed by atoms with van der Waals surface area (Å²) in [4.78, 5) is 24.8. The maximum Gasteiger partial charge on any atom is 0.266 e. The standard InChI is InChI=1S/C23H31FN6OS/c1-15-21(31)30(16(10-25)11-26)14-27-20(32-15)17-6-7-18(28-19(17)24)29-9-8-22(2,3)12-23(4,5)13-29/h6-7,10-11,25H,1,8-9,12-14,26H2,2-5H3/b16-11+,25-10?. The Balaban J connectivity index is 1.88. The van der Waals surface area contributed by atoms with Crippen LogP contribution in [0.5, 0.6) is 0 Å². The van der Waals surface area contributed by atoms with Crippen LogP contribution >= 0.6 is 11.8 Å². The maximum atomic E-state index is 15.2. The van der Waals surface area contributed by atoms with Crippen LogP contribution in [0.2, 0.25) is 0 Å². The first-order valence-electron chi connectivity index (χ1n) is 10.5. The van der Waals surface area contributed by atoms with E-state index in [4.69, 9.17) is 11.1 Å². The molecular weight excluding hydrogens is 427 g/mol. The molecule has 3 rings (SSSR count). The molecule has 0 radical (unpaired) electrons. The van der Waals surface area contributed by atoms with E-state index in [9.17, 15) is 4.79 Å². The lowest BCUT2D eigenvalue weighted by molar-refractivity contribution is -0.124. The smallest absolute Gasteiger partial charge is 0.266 e. The van der Waals surface area contributed by atoms with Gasteiger partial charge in [-0.15, -0.1) is 0 Å². The number of nitrogens with zero attached hydrogens (tertiary/aromatic N) is 4. The highest BCUT2D eigenvalue weighted by molar-refractivity contribution is 8.18. The fraction of sp³-hybridized carbons (Fsp3) is 0.478. The Kier molecular flexibility index (Phi) is 6.78. The number of pyridine rings is 1. The molecule has 3 N–H and O–H groups in total. The molecule has 0 atom stereocenters. The summed E-state index contributed by atoms with van der Waals surface area (Å²) in [5.41, 5.74) is 6.23. The first kappa shape index (κ1) is 24.0. The quantitative estimate of drug-likeness (QED) is 0.402. The molecule has 0 aliphatic carbocycles. The third-order valence-electron chi connectivity index (χ3n) is 5.71. The van der Waals surface area contributed by atoms with Crippen molar-refractivity contribution < 1.29 is 9.18 Å². The molecule has 1 aromatic heterocycles. The summed E-state index contributed by atoms with van der Waals surface area (Å²) in [6.07, 6.45) is 4.22. The Hall–Kier alpha value is -2.68. The van der Waals surface area contributed by atoms with Crippen LogP contribution in [0.1, 0.15) is 46.1 Å². The Bertz CT molecular complexity index is 1000. The lowest BCUT2D eigenvalue weighted by atomic mass is 9.75. The molecule has 3 heterocycles. The number of hydrogen-bond acceptors (Lipinski definition) is 7. The predicted molar refractivity (Wildman–Crippen MR) is 129 cm³/mol. The van der Waals surface area contributed by atoms with Crippen molar-refractivity contribution in [2.75, 3.05) is 24.7 Å². The molecular formula is C23H31FN6OS. The number of aromatic nitrogens is 1. The average molecular weight is 459 g/mol. The van der Waals surface area contributed by atoms with Crippen LogP contribution in [-0.4, -0.2) is 46.8 Å². The number of hydrogen-bond donors (Lipinski definition) is 2. The molecule has 0 saturated carbocycles. The van der Waals surface area contributed by atoms with Gasteiger partial charge in [-0.3, -0.25) is 14.7 Å². The highest BCUT2D eigenvalue weighted by Crippen LogP contribution is 2.40. The average Bonchev–Trinajstić information content (AvgIpc) is 2.92. The molecule has 0 bridgehead atoms. The third kappa shape index (κ3) is 5.20. The monoisotopic (exact) mass is 458 g/mol. The van der Waals surface area contributed by atoms with Crippen molar-refractivity contribution >= 4 is 34.7 Å². The Morgan fingerprint density at radius 1 is 1.31 bits per heavy atom. The summed E-state index contributed by atoms with van der Waals surface area (Å²) in [6.45, 7) is 14.3. The van der Waals surface area contributed by atoms with Crippen molar-refractivity contribution in [1.29, 1.82) is 5.41 Å². The van der Waals surface area contributed by atoms with Crippen LogP contribution < -0.4 is 10.6 Å². The number of amides is 1. The van der Waals surface area contributed by atoms with E-state index in [2.05, 4.69) is 49.2 Å². The topological polar surface area (TPSA) is 98.7 Å².